The summed E-state index contributed by atoms with van der Waals surface area (Å²) < 4.78 is 17.5. The molecule has 168 valence electrons. The molecule has 0 saturated carbocycles. The van der Waals surface area contributed by atoms with E-state index < -0.39 is 6.10 Å². The van der Waals surface area contributed by atoms with Crippen LogP contribution in [-0.4, -0.2) is 92.7 Å². The van der Waals surface area contributed by atoms with Crippen LogP contribution in [-0.2, 0) is 11.3 Å². The highest BCUT2D eigenvalue weighted by molar-refractivity contribution is 5.43. The monoisotopic (exact) mass is 419 g/mol. The second-order valence-electron chi connectivity index (χ2n) is 8.91. The molecule has 1 unspecified atom stereocenters. The van der Waals surface area contributed by atoms with Crippen molar-refractivity contribution in [3.63, 3.8) is 0 Å². The second kappa shape index (κ2) is 10.3. The molecule has 0 aromatic heterocycles. The molecular weight excluding hydrogens is 382 g/mol. The quantitative estimate of drug-likeness (QED) is 0.662. The second-order valence-corrected chi connectivity index (χ2v) is 8.91. The number of piperazine rings is 1. The molecule has 4 rings (SSSR count). The average molecular weight is 420 g/mol. The van der Waals surface area contributed by atoms with Crippen LogP contribution in [0.15, 0.2) is 18.2 Å². The molecule has 7 heteroatoms. The number of β-amino-alcohol motifs (C(OH)–C–C–N with tert-alkyl or cyclic N) is 1. The summed E-state index contributed by atoms with van der Waals surface area (Å²) in [6.07, 6.45) is 4.00. The van der Waals surface area contributed by atoms with E-state index in [1.807, 2.05) is 6.07 Å². The molecule has 0 aliphatic carbocycles. The fraction of sp³-hybridized carbons (Fsp3) is 0.739. The minimum absolute atomic E-state index is 0.123. The van der Waals surface area contributed by atoms with Gasteiger partial charge in [0.25, 0.3) is 0 Å². The lowest BCUT2D eigenvalue weighted by molar-refractivity contribution is -0.0512. The maximum Gasteiger partial charge on any atom is 0.161 e. The fourth-order valence-corrected chi connectivity index (χ4v) is 4.89. The molecule has 1 spiro atoms. The number of likely N-dealkylation sites (tertiary alicyclic amines) is 1. The van der Waals surface area contributed by atoms with Gasteiger partial charge in [0.2, 0.25) is 0 Å². The number of aliphatic hydroxyl groups is 1. The van der Waals surface area contributed by atoms with Crippen LogP contribution in [0.3, 0.4) is 0 Å². The minimum Gasteiger partial charge on any atom is -0.493 e. The summed E-state index contributed by atoms with van der Waals surface area (Å²) in [6, 6.07) is 6.11. The van der Waals surface area contributed by atoms with Crippen LogP contribution >= 0.6 is 0 Å². The molecule has 1 aromatic rings. The Bertz CT molecular complexity index is 664. The van der Waals surface area contributed by atoms with Crippen LogP contribution in [0.25, 0.3) is 0 Å². The van der Waals surface area contributed by atoms with Crippen LogP contribution in [0.1, 0.15) is 31.2 Å². The van der Waals surface area contributed by atoms with Crippen molar-refractivity contribution in [1.29, 1.82) is 0 Å². The van der Waals surface area contributed by atoms with Gasteiger partial charge in [0.05, 0.1) is 12.7 Å². The molecule has 1 aromatic carbocycles. The molecule has 0 bridgehead atoms. The predicted octanol–water partition coefficient (Wildman–Crippen LogP) is 1.49. The van der Waals surface area contributed by atoms with Gasteiger partial charge in [-0.2, -0.15) is 0 Å². The van der Waals surface area contributed by atoms with E-state index in [9.17, 15) is 5.11 Å². The number of piperidine rings is 1. The van der Waals surface area contributed by atoms with Crippen LogP contribution < -0.4 is 14.8 Å². The lowest BCUT2D eigenvalue weighted by Gasteiger charge is -2.39. The molecule has 3 aliphatic rings. The maximum atomic E-state index is 10.5. The summed E-state index contributed by atoms with van der Waals surface area (Å²) in [5, 5.41) is 13.9. The lowest BCUT2D eigenvalue weighted by atomic mass is 9.88. The Morgan fingerprint density at radius 3 is 2.60 bits per heavy atom. The van der Waals surface area contributed by atoms with Crippen LogP contribution in [0.2, 0.25) is 0 Å². The van der Waals surface area contributed by atoms with Gasteiger partial charge in [-0.25, -0.2) is 0 Å². The standard InChI is InChI=1S/C23H37N3O4/c1-28-22-15-19(16-26-12-8-24-9-13-26)3-4-21(22)29-18-20(27)17-25-10-6-23(7-11-25)5-2-14-30-23/h3-4,15,20,24,27H,2,5-14,16-18H2,1H3. The molecular formula is C23H37N3O4. The molecule has 7 nitrogen and oxygen atoms in total. The Labute approximate surface area is 180 Å². The highest BCUT2D eigenvalue weighted by Gasteiger charge is 2.38. The number of rotatable bonds is 8. The topological polar surface area (TPSA) is 66.4 Å². The molecule has 3 saturated heterocycles. The number of hydrogen-bond acceptors (Lipinski definition) is 7. The Morgan fingerprint density at radius 1 is 1.10 bits per heavy atom. The van der Waals surface area contributed by atoms with Gasteiger partial charge >= 0.3 is 0 Å². The Balaban J connectivity index is 1.23. The summed E-state index contributed by atoms with van der Waals surface area (Å²) in [7, 11) is 1.67. The van der Waals surface area contributed by atoms with E-state index >= 15 is 0 Å². The van der Waals surface area contributed by atoms with Gasteiger partial charge in [0.1, 0.15) is 12.7 Å². The summed E-state index contributed by atoms with van der Waals surface area (Å²) in [5.74, 6) is 1.42. The zero-order valence-electron chi connectivity index (χ0n) is 18.3. The summed E-state index contributed by atoms with van der Waals surface area (Å²) in [5.41, 5.74) is 1.34. The SMILES string of the molecule is COc1cc(CN2CCNCC2)ccc1OCC(O)CN1CCC2(CCCO2)CC1. The first-order chi connectivity index (χ1) is 14.7. The molecule has 30 heavy (non-hydrogen) atoms. The molecule has 2 N–H and O–H groups in total. The van der Waals surface area contributed by atoms with E-state index in [1.54, 1.807) is 7.11 Å². The van der Waals surface area contributed by atoms with Gasteiger partial charge in [-0.3, -0.25) is 4.90 Å². The number of hydrogen-bond donors (Lipinski definition) is 2. The third-order valence-corrected chi connectivity index (χ3v) is 6.70. The molecule has 3 aliphatic heterocycles. The van der Waals surface area contributed by atoms with E-state index in [0.717, 1.165) is 71.0 Å². The van der Waals surface area contributed by atoms with E-state index in [1.165, 1.54) is 18.4 Å². The first kappa shape index (κ1) is 21.8. The van der Waals surface area contributed by atoms with Gasteiger partial charge in [0.15, 0.2) is 11.5 Å². The third kappa shape index (κ3) is 5.65. The largest absolute Gasteiger partial charge is 0.493 e. The predicted molar refractivity (Wildman–Crippen MR) is 116 cm³/mol. The van der Waals surface area contributed by atoms with E-state index in [4.69, 9.17) is 14.2 Å². The van der Waals surface area contributed by atoms with Crippen molar-refractivity contribution in [3.05, 3.63) is 23.8 Å². The van der Waals surface area contributed by atoms with Crippen LogP contribution in [0.5, 0.6) is 11.5 Å². The molecule has 0 radical (unpaired) electrons. The van der Waals surface area contributed by atoms with E-state index in [2.05, 4.69) is 27.2 Å². The first-order valence-electron chi connectivity index (χ1n) is 11.4. The molecule has 0 amide bonds. The van der Waals surface area contributed by atoms with Gasteiger partial charge in [0, 0.05) is 59.0 Å². The summed E-state index contributed by atoms with van der Waals surface area (Å²) in [4.78, 5) is 4.77. The van der Waals surface area contributed by atoms with Crippen molar-refractivity contribution in [3.8, 4) is 11.5 Å². The van der Waals surface area contributed by atoms with Crippen molar-refractivity contribution in [2.45, 2.75) is 43.9 Å². The number of methoxy groups -OCH3 is 1. The maximum absolute atomic E-state index is 10.5. The van der Waals surface area contributed by atoms with Gasteiger partial charge in [-0.1, -0.05) is 6.07 Å². The number of aliphatic hydroxyl groups excluding tert-OH is 1. The highest BCUT2D eigenvalue weighted by atomic mass is 16.5. The number of nitrogens with one attached hydrogen (secondary N) is 1. The van der Waals surface area contributed by atoms with Gasteiger partial charge in [-0.05, 0) is 43.4 Å². The van der Waals surface area contributed by atoms with Crippen LogP contribution in [0, 0.1) is 0 Å². The summed E-state index contributed by atoms with van der Waals surface area (Å²) >= 11 is 0. The fourth-order valence-electron chi connectivity index (χ4n) is 4.89. The number of nitrogens with zero attached hydrogens (tertiary/aromatic N) is 2. The van der Waals surface area contributed by atoms with E-state index in [0.29, 0.717) is 12.3 Å². The molecule has 3 fully saturated rings. The Hall–Kier alpha value is -1.38. The average Bonchev–Trinajstić information content (AvgIpc) is 3.23. The van der Waals surface area contributed by atoms with Crippen molar-refractivity contribution < 1.29 is 19.3 Å². The molecule has 3 heterocycles. The molecule has 1 atom stereocenters. The lowest BCUT2D eigenvalue weighted by Crippen LogP contribution is -2.47. The van der Waals surface area contributed by atoms with Crippen molar-refractivity contribution in [1.82, 2.24) is 15.1 Å². The Morgan fingerprint density at radius 2 is 1.90 bits per heavy atom. The van der Waals surface area contributed by atoms with Crippen molar-refractivity contribution in [2.75, 3.05) is 66.1 Å². The zero-order chi connectivity index (χ0) is 20.8. The van der Waals surface area contributed by atoms with Crippen molar-refractivity contribution in [2.24, 2.45) is 0 Å². The van der Waals surface area contributed by atoms with Crippen LogP contribution in [0.4, 0.5) is 0 Å². The van der Waals surface area contributed by atoms with Crippen molar-refractivity contribution >= 4 is 0 Å². The zero-order valence-corrected chi connectivity index (χ0v) is 18.3. The Kier molecular flexibility index (Phi) is 7.49. The smallest absolute Gasteiger partial charge is 0.161 e. The summed E-state index contributed by atoms with van der Waals surface area (Å²) in [6.45, 7) is 8.93. The van der Waals surface area contributed by atoms with Gasteiger partial charge < -0.3 is 29.5 Å². The van der Waals surface area contributed by atoms with Gasteiger partial charge in [-0.15, -0.1) is 0 Å². The first-order valence-corrected chi connectivity index (χ1v) is 11.4. The normalized spacial score (nSPS) is 23.5. The third-order valence-electron chi connectivity index (χ3n) is 6.70. The number of benzene rings is 1. The minimum atomic E-state index is -0.520. The van der Waals surface area contributed by atoms with E-state index in [-0.39, 0.29) is 12.2 Å². The number of ether oxygens (including phenoxy) is 3. The highest BCUT2D eigenvalue weighted by Crippen LogP contribution is 2.35.